The number of hydrogen-bond donors (Lipinski definition) is 2. The zero-order valence-corrected chi connectivity index (χ0v) is 10.1. The highest BCUT2D eigenvalue weighted by Gasteiger charge is 2.26. The van der Waals surface area contributed by atoms with Crippen LogP contribution in [-0.4, -0.2) is 23.0 Å². The lowest BCUT2D eigenvalue weighted by Gasteiger charge is -2.10. The topological polar surface area (TPSA) is 79.5 Å². The molecule has 0 saturated heterocycles. The van der Waals surface area contributed by atoms with Gasteiger partial charge in [-0.3, -0.25) is 9.59 Å². The number of carbonyl (C=O) groups excluding carboxylic acids is 1. The molecule has 0 radical (unpaired) electrons. The summed E-state index contributed by atoms with van der Waals surface area (Å²) in [5.41, 5.74) is 0. The summed E-state index contributed by atoms with van der Waals surface area (Å²) in [6, 6.07) is 3.15. The molecular formula is C13H15NO4. The van der Waals surface area contributed by atoms with Gasteiger partial charge in [0.2, 0.25) is 0 Å². The van der Waals surface area contributed by atoms with Gasteiger partial charge < -0.3 is 14.8 Å². The number of hydrogen-bond acceptors (Lipinski definition) is 3. The first-order valence-corrected chi connectivity index (χ1v) is 5.91. The standard InChI is InChI=1S/C13H15NO4/c1-2-10-5-6-11(18-10)12(15)14-9-4-3-8(7-9)13(16)17/h3-6,8-9H,2,7H2,1H3,(H,14,15)(H,16,17). The van der Waals surface area contributed by atoms with Crippen molar-refractivity contribution in [1.29, 1.82) is 0 Å². The summed E-state index contributed by atoms with van der Waals surface area (Å²) in [6.45, 7) is 1.94. The normalized spacial score (nSPS) is 22.1. The monoisotopic (exact) mass is 249 g/mol. The Hall–Kier alpha value is -2.04. The van der Waals surface area contributed by atoms with E-state index in [0.29, 0.717) is 6.42 Å². The average molecular weight is 249 g/mol. The first-order chi connectivity index (χ1) is 8.60. The van der Waals surface area contributed by atoms with Gasteiger partial charge >= 0.3 is 5.97 Å². The SMILES string of the molecule is CCc1ccc(C(=O)NC2C=CC(C(=O)O)C2)o1. The van der Waals surface area contributed by atoms with Crippen molar-refractivity contribution in [1.82, 2.24) is 5.32 Å². The Kier molecular flexibility index (Phi) is 3.50. The molecule has 2 rings (SSSR count). The maximum Gasteiger partial charge on any atom is 0.310 e. The van der Waals surface area contributed by atoms with E-state index in [-0.39, 0.29) is 17.7 Å². The average Bonchev–Trinajstić information content (AvgIpc) is 2.96. The van der Waals surface area contributed by atoms with Gasteiger partial charge in [0.25, 0.3) is 5.91 Å². The molecule has 5 heteroatoms. The van der Waals surface area contributed by atoms with Crippen LogP contribution in [0.1, 0.15) is 29.7 Å². The Morgan fingerprint density at radius 3 is 2.78 bits per heavy atom. The van der Waals surface area contributed by atoms with Crippen molar-refractivity contribution < 1.29 is 19.1 Å². The van der Waals surface area contributed by atoms with E-state index in [9.17, 15) is 9.59 Å². The van der Waals surface area contributed by atoms with Crippen LogP contribution in [0.25, 0.3) is 0 Å². The van der Waals surface area contributed by atoms with Crippen LogP contribution >= 0.6 is 0 Å². The molecular weight excluding hydrogens is 234 g/mol. The number of nitrogens with one attached hydrogen (secondary N) is 1. The van der Waals surface area contributed by atoms with E-state index < -0.39 is 11.9 Å². The summed E-state index contributed by atoms with van der Waals surface area (Å²) in [4.78, 5) is 22.6. The third kappa shape index (κ3) is 2.61. The van der Waals surface area contributed by atoms with Gasteiger partial charge in [-0.25, -0.2) is 0 Å². The third-order valence-electron chi connectivity index (χ3n) is 2.95. The molecule has 0 aromatic carbocycles. The predicted molar refractivity (Wildman–Crippen MR) is 64.2 cm³/mol. The van der Waals surface area contributed by atoms with Gasteiger partial charge in [0, 0.05) is 12.5 Å². The Bertz CT molecular complexity index is 489. The maximum atomic E-state index is 11.8. The highest BCUT2D eigenvalue weighted by Crippen LogP contribution is 2.18. The molecule has 2 N–H and O–H groups in total. The Labute approximate surface area is 104 Å². The minimum absolute atomic E-state index is 0.242. The van der Waals surface area contributed by atoms with Crippen LogP contribution in [0.5, 0.6) is 0 Å². The van der Waals surface area contributed by atoms with Crippen molar-refractivity contribution in [3.8, 4) is 0 Å². The van der Waals surface area contributed by atoms with Crippen LogP contribution < -0.4 is 5.32 Å². The van der Waals surface area contributed by atoms with Gasteiger partial charge in [0.15, 0.2) is 5.76 Å². The fraction of sp³-hybridized carbons (Fsp3) is 0.385. The number of aliphatic carboxylic acids is 1. The van der Waals surface area contributed by atoms with E-state index in [2.05, 4.69) is 5.32 Å². The lowest BCUT2D eigenvalue weighted by Crippen LogP contribution is -2.33. The molecule has 2 atom stereocenters. The number of carboxylic acid groups (broad SMARTS) is 1. The predicted octanol–water partition coefficient (Wildman–Crippen LogP) is 1.60. The van der Waals surface area contributed by atoms with Crippen molar-refractivity contribution in [2.24, 2.45) is 5.92 Å². The van der Waals surface area contributed by atoms with Crippen LogP contribution in [0, 0.1) is 5.92 Å². The smallest absolute Gasteiger partial charge is 0.310 e. The third-order valence-corrected chi connectivity index (χ3v) is 2.95. The molecule has 0 fully saturated rings. The summed E-state index contributed by atoms with van der Waals surface area (Å²) in [5, 5.41) is 11.6. The van der Waals surface area contributed by atoms with Gasteiger partial charge in [0.1, 0.15) is 5.76 Å². The van der Waals surface area contributed by atoms with Crippen LogP contribution in [0.3, 0.4) is 0 Å². The number of rotatable bonds is 4. The fourth-order valence-corrected chi connectivity index (χ4v) is 1.92. The van der Waals surface area contributed by atoms with Crippen LogP contribution in [0.15, 0.2) is 28.7 Å². The second-order valence-electron chi connectivity index (χ2n) is 4.26. The van der Waals surface area contributed by atoms with Crippen molar-refractivity contribution in [2.75, 3.05) is 0 Å². The van der Waals surface area contributed by atoms with E-state index >= 15 is 0 Å². The van der Waals surface area contributed by atoms with Crippen molar-refractivity contribution in [3.05, 3.63) is 35.8 Å². The van der Waals surface area contributed by atoms with Crippen molar-refractivity contribution in [2.45, 2.75) is 25.8 Å². The molecule has 0 bridgehead atoms. The van der Waals surface area contributed by atoms with Gasteiger partial charge in [-0.05, 0) is 18.6 Å². The first-order valence-electron chi connectivity index (χ1n) is 5.91. The minimum Gasteiger partial charge on any atom is -0.481 e. The molecule has 1 aliphatic rings. The van der Waals surface area contributed by atoms with E-state index in [4.69, 9.17) is 9.52 Å². The van der Waals surface area contributed by atoms with Gasteiger partial charge in [-0.2, -0.15) is 0 Å². The molecule has 18 heavy (non-hydrogen) atoms. The van der Waals surface area contributed by atoms with Crippen LogP contribution in [0.2, 0.25) is 0 Å². The van der Waals surface area contributed by atoms with E-state index in [1.165, 1.54) is 0 Å². The molecule has 5 nitrogen and oxygen atoms in total. The van der Waals surface area contributed by atoms with Crippen molar-refractivity contribution in [3.63, 3.8) is 0 Å². The number of furan rings is 1. The van der Waals surface area contributed by atoms with Crippen LogP contribution in [0.4, 0.5) is 0 Å². The van der Waals surface area contributed by atoms with E-state index in [1.807, 2.05) is 6.92 Å². The second kappa shape index (κ2) is 5.08. The number of amides is 1. The molecule has 1 aliphatic carbocycles. The molecule has 1 aromatic heterocycles. The van der Waals surface area contributed by atoms with E-state index in [0.717, 1.165) is 12.2 Å². The molecule has 0 saturated carbocycles. The van der Waals surface area contributed by atoms with Gasteiger partial charge in [0.05, 0.1) is 5.92 Å². The zero-order chi connectivity index (χ0) is 13.1. The summed E-state index contributed by atoms with van der Waals surface area (Å²) in [7, 11) is 0. The van der Waals surface area contributed by atoms with Crippen molar-refractivity contribution >= 4 is 11.9 Å². The maximum absolute atomic E-state index is 11.8. The zero-order valence-electron chi connectivity index (χ0n) is 10.1. The quantitative estimate of drug-likeness (QED) is 0.794. The lowest BCUT2D eigenvalue weighted by atomic mass is 10.1. The molecule has 0 aliphatic heterocycles. The highest BCUT2D eigenvalue weighted by atomic mass is 16.4. The molecule has 96 valence electrons. The highest BCUT2D eigenvalue weighted by molar-refractivity contribution is 5.92. The number of carboxylic acids is 1. The van der Waals surface area contributed by atoms with Crippen LogP contribution in [-0.2, 0) is 11.2 Å². The second-order valence-corrected chi connectivity index (χ2v) is 4.26. The lowest BCUT2D eigenvalue weighted by molar-refractivity contribution is -0.140. The minimum atomic E-state index is -0.866. The molecule has 1 aromatic rings. The van der Waals surface area contributed by atoms with E-state index in [1.54, 1.807) is 24.3 Å². The molecule has 0 spiro atoms. The Balaban J connectivity index is 1.93. The molecule has 1 heterocycles. The number of aryl methyl sites for hydroxylation is 1. The number of carbonyl (C=O) groups is 2. The Morgan fingerprint density at radius 2 is 2.22 bits per heavy atom. The van der Waals surface area contributed by atoms with Gasteiger partial charge in [-0.15, -0.1) is 0 Å². The molecule has 2 unspecified atom stereocenters. The summed E-state index contributed by atoms with van der Waals surface area (Å²) in [5.74, 6) is -0.674. The largest absolute Gasteiger partial charge is 0.481 e. The fourth-order valence-electron chi connectivity index (χ4n) is 1.92. The molecule has 1 amide bonds. The summed E-state index contributed by atoms with van der Waals surface area (Å²) in [6.07, 6.45) is 4.44. The summed E-state index contributed by atoms with van der Waals surface area (Å²) < 4.78 is 5.33. The van der Waals surface area contributed by atoms with Gasteiger partial charge in [-0.1, -0.05) is 19.1 Å². The Morgan fingerprint density at radius 1 is 1.44 bits per heavy atom. The first kappa shape index (κ1) is 12.4. The summed E-state index contributed by atoms with van der Waals surface area (Å²) >= 11 is 0.